The largest absolute Gasteiger partial charge is 0.494 e. The molecule has 7 heteroatoms. The Labute approximate surface area is 308 Å². The SMILES string of the molecule is CCOP(=O)(CCCOc1ccc(N(c2ccc(C)cc2)c2ccc(-c3ccc(N(c4ccccc4)c4cccc(C)c4)cc3)cc2)cc1)OCC. The van der Waals surface area contributed by atoms with Gasteiger partial charge in [0.1, 0.15) is 5.75 Å². The summed E-state index contributed by atoms with van der Waals surface area (Å²) in [5.74, 6) is 0.752. The smallest absolute Gasteiger partial charge is 0.330 e. The number of hydrogen-bond donors (Lipinski definition) is 0. The molecule has 0 heterocycles. The highest BCUT2D eigenvalue weighted by molar-refractivity contribution is 7.53. The van der Waals surface area contributed by atoms with Crippen molar-refractivity contribution in [2.75, 3.05) is 35.8 Å². The molecule has 0 bridgehead atoms. The summed E-state index contributed by atoms with van der Waals surface area (Å²) in [6.07, 6.45) is 0.898. The second kappa shape index (κ2) is 17.4. The van der Waals surface area contributed by atoms with Crippen LogP contribution in [0.2, 0.25) is 0 Å². The number of aryl methyl sites for hydroxylation is 2. The number of benzene rings is 6. The highest BCUT2D eigenvalue weighted by atomic mass is 31.2. The Morgan fingerprint density at radius 3 is 1.48 bits per heavy atom. The van der Waals surface area contributed by atoms with Gasteiger partial charge in [0.25, 0.3) is 0 Å². The van der Waals surface area contributed by atoms with E-state index in [1.807, 2.05) is 32.0 Å². The number of hydrogen-bond acceptors (Lipinski definition) is 6. The first-order chi connectivity index (χ1) is 25.4. The highest BCUT2D eigenvalue weighted by Crippen LogP contribution is 2.48. The van der Waals surface area contributed by atoms with E-state index in [9.17, 15) is 4.57 Å². The maximum absolute atomic E-state index is 12.8. The second-order valence-corrected chi connectivity index (χ2v) is 14.8. The summed E-state index contributed by atoms with van der Waals surface area (Å²) >= 11 is 0. The summed E-state index contributed by atoms with van der Waals surface area (Å²) in [5, 5.41) is 0. The van der Waals surface area contributed by atoms with Crippen molar-refractivity contribution < 1.29 is 18.3 Å². The maximum atomic E-state index is 12.8. The van der Waals surface area contributed by atoms with Gasteiger partial charge in [-0.2, -0.15) is 0 Å². The Morgan fingerprint density at radius 1 is 0.500 bits per heavy atom. The van der Waals surface area contributed by atoms with Crippen LogP contribution in [0.5, 0.6) is 5.75 Å². The van der Waals surface area contributed by atoms with E-state index < -0.39 is 7.60 Å². The van der Waals surface area contributed by atoms with E-state index >= 15 is 0 Å². The third kappa shape index (κ3) is 9.20. The number of para-hydroxylation sites is 1. The standard InChI is InChI=1S/C45H47N2O4P/c1-5-50-52(48,51-6-2)33-11-32-49-45-30-28-43(29-31-45)46(40-22-16-35(3)17-23-40)41-24-18-37(19-25-41)38-20-26-42(27-21-38)47(39-13-8-7-9-14-39)44-15-10-12-36(4)34-44/h7-10,12-31,34H,5-6,11,32-33H2,1-4H3. The predicted octanol–water partition coefficient (Wildman–Crippen LogP) is 12.9. The van der Waals surface area contributed by atoms with Crippen LogP contribution in [0.3, 0.4) is 0 Å². The monoisotopic (exact) mass is 710 g/mol. The van der Waals surface area contributed by atoms with Gasteiger partial charge < -0.3 is 23.6 Å². The van der Waals surface area contributed by atoms with Crippen molar-refractivity contribution in [1.82, 2.24) is 0 Å². The molecule has 266 valence electrons. The van der Waals surface area contributed by atoms with E-state index in [1.54, 1.807) is 0 Å². The van der Waals surface area contributed by atoms with Crippen LogP contribution in [0.1, 0.15) is 31.4 Å². The first-order valence-corrected chi connectivity index (χ1v) is 19.7. The zero-order valence-corrected chi connectivity index (χ0v) is 31.3. The lowest BCUT2D eigenvalue weighted by Crippen LogP contribution is -2.10. The molecular weight excluding hydrogens is 663 g/mol. The minimum Gasteiger partial charge on any atom is -0.494 e. The molecule has 6 aromatic rings. The molecule has 0 aliphatic carbocycles. The molecule has 0 amide bonds. The zero-order valence-electron chi connectivity index (χ0n) is 30.4. The van der Waals surface area contributed by atoms with Gasteiger partial charge >= 0.3 is 7.60 Å². The third-order valence-corrected chi connectivity index (χ3v) is 10.9. The quantitative estimate of drug-likeness (QED) is 0.0736. The Hall–Kier alpha value is -5.13. The Morgan fingerprint density at radius 2 is 0.962 bits per heavy atom. The average molecular weight is 711 g/mol. The van der Waals surface area contributed by atoms with Gasteiger partial charge in [-0.25, -0.2) is 0 Å². The molecule has 0 unspecified atom stereocenters. The minimum atomic E-state index is -3.08. The summed E-state index contributed by atoms with van der Waals surface area (Å²) in [6, 6.07) is 53.2. The van der Waals surface area contributed by atoms with Gasteiger partial charge in [-0.15, -0.1) is 0 Å². The summed E-state index contributed by atoms with van der Waals surface area (Å²) < 4.78 is 29.6. The van der Waals surface area contributed by atoms with Crippen molar-refractivity contribution in [3.8, 4) is 16.9 Å². The Bertz CT molecular complexity index is 2040. The van der Waals surface area contributed by atoms with E-state index in [1.165, 1.54) is 11.1 Å². The van der Waals surface area contributed by atoms with Crippen LogP contribution in [-0.4, -0.2) is 26.0 Å². The fourth-order valence-electron chi connectivity index (χ4n) is 6.24. The summed E-state index contributed by atoms with van der Waals surface area (Å²) in [4.78, 5) is 4.54. The molecule has 6 nitrogen and oxygen atoms in total. The summed E-state index contributed by atoms with van der Waals surface area (Å²) in [6.45, 7) is 9.01. The van der Waals surface area contributed by atoms with Crippen molar-refractivity contribution in [1.29, 1.82) is 0 Å². The lowest BCUT2D eigenvalue weighted by atomic mass is 10.0. The van der Waals surface area contributed by atoms with Crippen LogP contribution >= 0.6 is 7.60 Å². The zero-order chi connectivity index (χ0) is 36.3. The molecule has 0 aliphatic rings. The van der Waals surface area contributed by atoms with Gasteiger partial charge in [-0.05, 0) is 136 Å². The van der Waals surface area contributed by atoms with Gasteiger partial charge in [0.05, 0.1) is 26.0 Å². The molecule has 0 aromatic heterocycles. The lowest BCUT2D eigenvalue weighted by molar-refractivity contribution is 0.216. The minimum absolute atomic E-state index is 0.327. The van der Waals surface area contributed by atoms with Crippen molar-refractivity contribution in [3.05, 3.63) is 163 Å². The molecular formula is C45H47N2O4P. The molecule has 0 saturated carbocycles. The summed E-state index contributed by atoms with van der Waals surface area (Å²) in [7, 11) is -3.08. The second-order valence-electron chi connectivity index (χ2n) is 12.6. The van der Waals surface area contributed by atoms with E-state index in [4.69, 9.17) is 13.8 Å². The Balaban J connectivity index is 1.20. The van der Waals surface area contributed by atoms with E-state index in [2.05, 4.69) is 157 Å². The molecule has 0 saturated heterocycles. The fourth-order valence-corrected chi connectivity index (χ4v) is 7.87. The number of anilines is 6. The normalized spacial score (nSPS) is 11.3. The van der Waals surface area contributed by atoms with Gasteiger partial charge in [0.15, 0.2) is 0 Å². The van der Waals surface area contributed by atoms with Crippen LogP contribution in [0.15, 0.2) is 152 Å². The van der Waals surface area contributed by atoms with Crippen LogP contribution in [0, 0.1) is 13.8 Å². The van der Waals surface area contributed by atoms with Gasteiger partial charge in [-0.3, -0.25) is 4.57 Å². The van der Waals surface area contributed by atoms with E-state index in [0.29, 0.717) is 32.4 Å². The third-order valence-electron chi connectivity index (χ3n) is 8.74. The summed E-state index contributed by atoms with van der Waals surface area (Å²) in [5.41, 5.74) is 11.2. The molecule has 52 heavy (non-hydrogen) atoms. The van der Waals surface area contributed by atoms with Crippen molar-refractivity contribution in [3.63, 3.8) is 0 Å². The lowest BCUT2D eigenvalue weighted by Gasteiger charge is -2.26. The highest BCUT2D eigenvalue weighted by Gasteiger charge is 2.23. The molecule has 0 spiro atoms. The first kappa shape index (κ1) is 36.7. The van der Waals surface area contributed by atoms with Gasteiger partial charge in [0.2, 0.25) is 0 Å². The van der Waals surface area contributed by atoms with Crippen molar-refractivity contribution in [2.45, 2.75) is 34.1 Å². The molecule has 0 N–H and O–H groups in total. The van der Waals surface area contributed by atoms with Crippen LogP contribution in [0.25, 0.3) is 11.1 Å². The molecule has 6 aromatic carbocycles. The van der Waals surface area contributed by atoms with Crippen molar-refractivity contribution in [2.24, 2.45) is 0 Å². The number of nitrogens with zero attached hydrogens (tertiary/aromatic N) is 2. The van der Waals surface area contributed by atoms with Crippen LogP contribution in [0.4, 0.5) is 34.1 Å². The number of ether oxygens (including phenoxy) is 1. The fraction of sp³-hybridized carbons (Fsp3) is 0.200. The molecule has 6 rings (SSSR count). The first-order valence-electron chi connectivity index (χ1n) is 18.0. The maximum Gasteiger partial charge on any atom is 0.330 e. The molecule has 0 atom stereocenters. The topological polar surface area (TPSA) is 51.2 Å². The van der Waals surface area contributed by atoms with Crippen molar-refractivity contribution >= 4 is 41.7 Å². The van der Waals surface area contributed by atoms with Gasteiger partial charge in [-0.1, -0.05) is 72.3 Å². The van der Waals surface area contributed by atoms with E-state index in [-0.39, 0.29) is 0 Å². The molecule has 0 radical (unpaired) electrons. The van der Waals surface area contributed by atoms with Gasteiger partial charge in [0, 0.05) is 34.1 Å². The number of rotatable bonds is 16. The van der Waals surface area contributed by atoms with Crippen LogP contribution in [-0.2, 0) is 13.6 Å². The average Bonchev–Trinajstić information content (AvgIpc) is 3.16. The molecule has 0 aliphatic heterocycles. The van der Waals surface area contributed by atoms with Crippen LogP contribution < -0.4 is 14.5 Å². The molecule has 0 fully saturated rings. The predicted molar refractivity (Wildman–Crippen MR) is 217 cm³/mol. The Kier molecular flexibility index (Phi) is 12.3. The van der Waals surface area contributed by atoms with E-state index in [0.717, 1.165) is 51.0 Å².